The first-order chi connectivity index (χ1) is 8.84. The molecule has 3 nitrogen and oxygen atoms in total. The quantitative estimate of drug-likeness (QED) is 0.802. The Morgan fingerprint density at radius 3 is 2.94 bits per heavy atom. The van der Waals surface area contributed by atoms with E-state index in [1.807, 2.05) is 6.07 Å². The lowest BCUT2D eigenvalue weighted by molar-refractivity contribution is 0.0744. The van der Waals surface area contributed by atoms with E-state index < -0.39 is 0 Å². The molecule has 0 N–H and O–H groups in total. The number of fused-ring (bicyclic) bond motifs is 1. The largest absolute Gasteiger partial charge is 0.376 e. The summed E-state index contributed by atoms with van der Waals surface area (Å²) in [6, 6.07) is 2.51. The number of ketones is 1. The highest BCUT2D eigenvalue weighted by Gasteiger charge is 2.42. The van der Waals surface area contributed by atoms with Gasteiger partial charge in [0.25, 0.3) is 0 Å². The molecule has 96 valence electrons. The maximum atomic E-state index is 11.9. The van der Waals surface area contributed by atoms with Crippen LogP contribution in [0, 0.1) is 5.92 Å². The molecule has 0 aromatic carbocycles. The van der Waals surface area contributed by atoms with Crippen LogP contribution in [0.4, 0.5) is 0 Å². The predicted molar refractivity (Wildman–Crippen MR) is 67.8 cm³/mol. The maximum Gasteiger partial charge on any atom is 0.164 e. The van der Waals surface area contributed by atoms with Crippen molar-refractivity contribution in [1.82, 2.24) is 4.57 Å². The van der Waals surface area contributed by atoms with Crippen LogP contribution in [0.1, 0.15) is 54.2 Å². The van der Waals surface area contributed by atoms with E-state index in [0.717, 1.165) is 43.8 Å². The Morgan fingerprint density at radius 2 is 2.11 bits per heavy atom. The summed E-state index contributed by atoms with van der Waals surface area (Å²) in [5, 5.41) is 0. The minimum absolute atomic E-state index is 0.330. The van der Waals surface area contributed by atoms with E-state index in [0.29, 0.717) is 17.9 Å². The summed E-state index contributed by atoms with van der Waals surface area (Å²) in [6.45, 7) is 0.882. The van der Waals surface area contributed by atoms with Gasteiger partial charge in [0.15, 0.2) is 5.78 Å². The highest BCUT2D eigenvalue weighted by atomic mass is 16.5. The van der Waals surface area contributed by atoms with E-state index in [2.05, 4.69) is 10.8 Å². The van der Waals surface area contributed by atoms with Crippen molar-refractivity contribution in [2.24, 2.45) is 5.92 Å². The summed E-state index contributed by atoms with van der Waals surface area (Å²) in [5.41, 5.74) is 2.25. The van der Waals surface area contributed by atoms with Crippen LogP contribution in [-0.4, -0.2) is 23.1 Å². The van der Waals surface area contributed by atoms with Crippen LogP contribution in [0.3, 0.4) is 0 Å². The van der Waals surface area contributed by atoms with Gasteiger partial charge in [0.1, 0.15) is 0 Å². The van der Waals surface area contributed by atoms with Crippen molar-refractivity contribution in [3.05, 3.63) is 23.5 Å². The van der Waals surface area contributed by atoms with Crippen LogP contribution in [0.25, 0.3) is 0 Å². The third-order valence-corrected chi connectivity index (χ3v) is 4.69. The van der Waals surface area contributed by atoms with Gasteiger partial charge in [-0.25, -0.2) is 0 Å². The summed E-state index contributed by atoms with van der Waals surface area (Å²) < 4.78 is 8.29. The number of Topliss-reactive ketones (excluding diaryl/α,β-unsaturated/α-hetero) is 1. The summed E-state index contributed by atoms with van der Waals surface area (Å²) in [7, 11) is 0. The van der Waals surface area contributed by atoms with Crippen molar-refractivity contribution < 1.29 is 9.53 Å². The van der Waals surface area contributed by atoms with Gasteiger partial charge in [0.2, 0.25) is 0 Å². The van der Waals surface area contributed by atoms with Crippen molar-refractivity contribution in [3.63, 3.8) is 0 Å². The fourth-order valence-electron chi connectivity index (χ4n) is 3.63. The first-order valence-electron chi connectivity index (χ1n) is 7.19. The molecular formula is C15H19NO2. The number of nitrogens with zero attached hydrogens (tertiary/aromatic N) is 1. The lowest BCUT2D eigenvalue weighted by Crippen LogP contribution is -2.24. The third kappa shape index (κ3) is 1.57. The van der Waals surface area contributed by atoms with Gasteiger partial charge in [-0.2, -0.15) is 0 Å². The molecule has 3 heteroatoms. The Morgan fingerprint density at radius 1 is 1.22 bits per heavy atom. The van der Waals surface area contributed by atoms with E-state index in [1.165, 1.54) is 18.5 Å². The molecule has 2 fully saturated rings. The van der Waals surface area contributed by atoms with Gasteiger partial charge in [-0.15, -0.1) is 0 Å². The topological polar surface area (TPSA) is 31.2 Å². The van der Waals surface area contributed by atoms with Gasteiger partial charge in [0, 0.05) is 30.5 Å². The van der Waals surface area contributed by atoms with Crippen molar-refractivity contribution >= 4 is 5.78 Å². The SMILES string of the molecule is O=C1CCCc2c1ccn2C1CCOC1C1CC1. The van der Waals surface area contributed by atoms with E-state index >= 15 is 0 Å². The first-order valence-corrected chi connectivity index (χ1v) is 7.19. The zero-order valence-corrected chi connectivity index (χ0v) is 10.6. The van der Waals surface area contributed by atoms with Crippen LogP contribution < -0.4 is 0 Å². The van der Waals surface area contributed by atoms with E-state index in [1.54, 1.807) is 0 Å². The van der Waals surface area contributed by atoms with Crippen molar-refractivity contribution in [2.45, 2.75) is 50.7 Å². The molecule has 0 bridgehead atoms. The normalized spacial score (nSPS) is 31.7. The second-order valence-corrected chi connectivity index (χ2v) is 5.89. The van der Waals surface area contributed by atoms with Crippen LogP contribution in [0.15, 0.2) is 12.3 Å². The van der Waals surface area contributed by atoms with E-state index in [-0.39, 0.29) is 0 Å². The molecule has 0 radical (unpaired) electrons. The molecule has 4 rings (SSSR count). The van der Waals surface area contributed by atoms with Gasteiger partial charge >= 0.3 is 0 Å². The molecule has 2 heterocycles. The average molecular weight is 245 g/mol. The van der Waals surface area contributed by atoms with Gasteiger partial charge in [-0.3, -0.25) is 4.79 Å². The third-order valence-electron chi connectivity index (χ3n) is 4.69. The van der Waals surface area contributed by atoms with E-state index in [4.69, 9.17) is 4.74 Å². The van der Waals surface area contributed by atoms with Gasteiger partial charge in [-0.1, -0.05) is 0 Å². The zero-order valence-electron chi connectivity index (χ0n) is 10.6. The molecule has 18 heavy (non-hydrogen) atoms. The van der Waals surface area contributed by atoms with Gasteiger partial charge < -0.3 is 9.30 Å². The van der Waals surface area contributed by atoms with Crippen molar-refractivity contribution in [1.29, 1.82) is 0 Å². The molecule has 1 aromatic heterocycles. The predicted octanol–water partition coefficient (Wildman–Crippen LogP) is 2.75. The number of ether oxygens (including phenoxy) is 1. The molecule has 1 aromatic rings. The molecule has 3 aliphatic rings. The second kappa shape index (κ2) is 3.95. The van der Waals surface area contributed by atoms with E-state index in [9.17, 15) is 4.79 Å². The summed E-state index contributed by atoms with van der Waals surface area (Å²) in [5.74, 6) is 1.10. The molecule has 0 amide bonds. The summed E-state index contributed by atoms with van der Waals surface area (Å²) >= 11 is 0. The Bertz CT molecular complexity index is 487. The fraction of sp³-hybridized carbons (Fsp3) is 0.667. The van der Waals surface area contributed by atoms with Crippen LogP contribution >= 0.6 is 0 Å². The molecule has 1 aliphatic heterocycles. The van der Waals surface area contributed by atoms with Gasteiger partial charge in [-0.05, 0) is 44.1 Å². The highest BCUT2D eigenvalue weighted by Crippen LogP contribution is 2.44. The molecule has 2 atom stereocenters. The smallest absolute Gasteiger partial charge is 0.164 e. The number of carbonyl (C=O) groups is 1. The summed E-state index contributed by atoms with van der Waals surface area (Å²) in [6.07, 6.45) is 9.08. The standard InChI is InChI=1S/C15H19NO2/c17-14-3-1-2-12-11(14)6-8-16(12)13-7-9-18-15(13)10-4-5-10/h6,8,10,13,15H,1-5,7,9H2. The second-order valence-electron chi connectivity index (χ2n) is 5.89. The molecule has 1 saturated heterocycles. The van der Waals surface area contributed by atoms with Crippen LogP contribution in [-0.2, 0) is 11.2 Å². The van der Waals surface area contributed by atoms with Crippen LogP contribution in [0.2, 0.25) is 0 Å². The number of carbonyl (C=O) groups excluding carboxylic acids is 1. The number of hydrogen-bond donors (Lipinski definition) is 0. The van der Waals surface area contributed by atoms with Crippen molar-refractivity contribution in [2.75, 3.05) is 6.61 Å². The van der Waals surface area contributed by atoms with Gasteiger partial charge in [0.05, 0.1) is 12.1 Å². The number of hydrogen-bond acceptors (Lipinski definition) is 2. The Balaban J connectivity index is 1.70. The minimum atomic E-state index is 0.330. The minimum Gasteiger partial charge on any atom is -0.376 e. The zero-order chi connectivity index (χ0) is 12.1. The lowest BCUT2D eigenvalue weighted by atomic mass is 9.96. The Labute approximate surface area is 107 Å². The molecule has 0 spiro atoms. The highest BCUT2D eigenvalue weighted by molar-refractivity contribution is 5.98. The molecular weight excluding hydrogens is 226 g/mol. The lowest BCUT2D eigenvalue weighted by Gasteiger charge is -2.24. The number of aromatic nitrogens is 1. The fourth-order valence-corrected chi connectivity index (χ4v) is 3.63. The molecule has 2 aliphatic carbocycles. The number of rotatable bonds is 2. The molecule has 2 unspecified atom stereocenters. The monoisotopic (exact) mass is 245 g/mol. The first kappa shape index (κ1) is 10.8. The van der Waals surface area contributed by atoms with Crippen LogP contribution in [0.5, 0.6) is 0 Å². The van der Waals surface area contributed by atoms with Crippen molar-refractivity contribution in [3.8, 4) is 0 Å². The molecule has 1 saturated carbocycles. The Hall–Kier alpha value is -1.09. The average Bonchev–Trinajstić information content (AvgIpc) is 2.95. The maximum absolute atomic E-state index is 11.9. The Kier molecular flexibility index (Phi) is 2.37. The summed E-state index contributed by atoms with van der Waals surface area (Å²) in [4.78, 5) is 11.9.